The van der Waals surface area contributed by atoms with Gasteiger partial charge in [-0.3, -0.25) is 9.59 Å². The highest BCUT2D eigenvalue weighted by Crippen LogP contribution is 2.37. The quantitative estimate of drug-likeness (QED) is 0.339. The smallest absolute Gasteiger partial charge is 0.416 e. The first kappa shape index (κ1) is 26.9. The van der Waals surface area contributed by atoms with Gasteiger partial charge in [0.2, 0.25) is 5.91 Å². The highest BCUT2D eigenvalue weighted by atomic mass is 35.5. The van der Waals surface area contributed by atoms with Gasteiger partial charge >= 0.3 is 12.4 Å². The first-order valence-corrected chi connectivity index (χ1v) is 10.6. The van der Waals surface area contributed by atoms with E-state index in [4.69, 9.17) is 11.6 Å². The number of carbonyl (C=O) groups excluding carboxylic acids is 2. The molecular formula is C24H17ClF6N2O3. The van der Waals surface area contributed by atoms with Gasteiger partial charge in [-0.25, -0.2) is 0 Å². The van der Waals surface area contributed by atoms with Crippen LogP contribution in [0.2, 0.25) is 5.02 Å². The van der Waals surface area contributed by atoms with Gasteiger partial charge in [-0.1, -0.05) is 41.9 Å². The van der Waals surface area contributed by atoms with E-state index in [0.717, 1.165) is 12.1 Å². The van der Waals surface area contributed by atoms with Crippen LogP contribution in [-0.2, 0) is 23.6 Å². The first-order chi connectivity index (χ1) is 16.7. The van der Waals surface area contributed by atoms with Crippen LogP contribution in [0.15, 0.2) is 66.7 Å². The van der Waals surface area contributed by atoms with Crippen LogP contribution in [-0.4, -0.2) is 23.0 Å². The predicted molar refractivity (Wildman–Crippen MR) is 120 cm³/mol. The number of hydrogen-bond donors (Lipinski definition) is 3. The van der Waals surface area contributed by atoms with Crippen LogP contribution >= 0.6 is 11.6 Å². The molecule has 0 aliphatic rings. The van der Waals surface area contributed by atoms with Crippen molar-refractivity contribution in [1.82, 2.24) is 5.32 Å². The van der Waals surface area contributed by atoms with Crippen LogP contribution in [0, 0.1) is 0 Å². The number of benzene rings is 3. The van der Waals surface area contributed by atoms with Crippen molar-refractivity contribution in [3.63, 3.8) is 0 Å². The lowest BCUT2D eigenvalue weighted by atomic mass is 10.0. The summed E-state index contributed by atoms with van der Waals surface area (Å²) < 4.78 is 79.1. The SMILES string of the molecule is O=C(NC(Cc1ccccc1)C(=O)Nc1cc(C(F)(F)F)cc(C(F)(F)F)c1)c1cc(Cl)ccc1O. The molecule has 3 aromatic carbocycles. The van der Waals surface area contributed by atoms with Crippen LogP contribution < -0.4 is 10.6 Å². The molecule has 3 rings (SSSR count). The maximum Gasteiger partial charge on any atom is 0.416 e. The molecule has 12 heteroatoms. The molecule has 3 N–H and O–H groups in total. The molecule has 2 amide bonds. The molecular weight excluding hydrogens is 514 g/mol. The summed E-state index contributed by atoms with van der Waals surface area (Å²) in [5.41, 5.74) is -3.74. The van der Waals surface area contributed by atoms with Crippen LogP contribution in [0.3, 0.4) is 0 Å². The summed E-state index contributed by atoms with van der Waals surface area (Å²) in [6, 6.07) is 11.0. The third-order valence-electron chi connectivity index (χ3n) is 4.96. The molecule has 0 saturated carbocycles. The zero-order valence-electron chi connectivity index (χ0n) is 18.0. The Kier molecular flexibility index (Phi) is 7.83. The van der Waals surface area contributed by atoms with E-state index in [-0.39, 0.29) is 23.1 Å². The van der Waals surface area contributed by atoms with Gasteiger partial charge in [0.1, 0.15) is 11.8 Å². The van der Waals surface area contributed by atoms with E-state index < -0.39 is 52.8 Å². The fourth-order valence-electron chi connectivity index (χ4n) is 3.24. The summed E-state index contributed by atoms with van der Waals surface area (Å²) in [6.07, 6.45) is -10.4. The molecule has 3 aromatic rings. The lowest BCUT2D eigenvalue weighted by Gasteiger charge is -2.20. The highest BCUT2D eigenvalue weighted by Gasteiger charge is 2.37. The van der Waals surface area contributed by atoms with E-state index in [1.165, 1.54) is 6.07 Å². The lowest BCUT2D eigenvalue weighted by molar-refractivity contribution is -0.143. The summed E-state index contributed by atoms with van der Waals surface area (Å²) in [5, 5.41) is 14.4. The van der Waals surface area contributed by atoms with Gasteiger partial charge in [-0.15, -0.1) is 0 Å². The molecule has 190 valence electrons. The van der Waals surface area contributed by atoms with E-state index in [9.17, 15) is 41.0 Å². The highest BCUT2D eigenvalue weighted by molar-refractivity contribution is 6.31. The number of carbonyl (C=O) groups is 2. The van der Waals surface area contributed by atoms with Crippen LogP contribution in [0.25, 0.3) is 0 Å². The molecule has 1 unspecified atom stereocenters. The summed E-state index contributed by atoms with van der Waals surface area (Å²) in [5.74, 6) is -2.48. The molecule has 0 bridgehead atoms. The number of rotatable bonds is 6. The number of phenols is 1. The van der Waals surface area contributed by atoms with Crippen molar-refractivity contribution in [3.8, 4) is 5.75 Å². The monoisotopic (exact) mass is 530 g/mol. The summed E-state index contributed by atoms with van der Waals surface area (Å²) in [6.45, 7) is 0. The Hall–Kier alpha value is -3.73. The minimum absolute atomic E-state index is 0.0686. The summed E-state index contributed by atoms with van der Waals surface area (Å²) in [7, 11) is 0. The standard InChI is InChI=1S/C24H17ClF6N2O3/c25-16-6-7-20(34)18(12-16)21(35)33-19(8-13-4-2-1-3-5-13)22(36)32-17-10-14(23(26,27)28)9-15(11-17)24(29,30)31/h1-7,9-12,19,34H,8H2,(H,32,36)(H,33,35). The van der Waals surface area contributed by atoms with E-state index >= 15 is 0 Å². The van der Waals surface area contributed by atoms with Gasteiger partial charge in [0, 0.05) is 17.1 Å². The second-order valence-corrected chi connectivity index (χ2v) is 8.10. The molecule has 0 aliphatic carbocycles. The van der Waals surface area contributed by atoms with Crippen molar-refractivity contribution in [1.29, 1.82) is 0 Å². The molecule has 1 atom stereocenters. The zero-order valence-corrected chi connectivity index (χ0v) is 18.8. The fourth-order valence-corrected chi connectivity index (χ4v) is 3.41. The van der Waals surface area contributed by atoms with E-state index in [1.807, 2.05) is 5.32 Å². The largest absolute Gasteiger partial charge is 0.507 e. The summed E-state index contributed by atoms with van der Waals surface area (Å²) in [4.78, 5) is 25.7. The van der Waals surface area contributed by atoms with Gasteiger partial charge in [0.25, 0.3) is 5.91 Å². The van der Waals surface area contributed by atoms with Crippen LogP contribution in [0.5, 0.6) is 5.75 Å². The minimum atomic E-state index is -5.11. The van der Waals surface area contributed by atoms with Gasteiger partial charge in [-0.05, 0) is 42.0 Å². The Labute approximate surface area is 205 Å². The zero-order chi connectivity index (χ0) is 26.7. The van der Waals surface area contributed by atoms with Crippen LogP contribution in [0.1, 0.15) is 27.0 Å². The number of nitrogens with one attached hydrogen (secondary N) is 2. The van der Waals surface area contributed by atoms with E-state index in [0.29, 0.717) is 17.7 Å². The number of hydrogen-bond acceptors (Lipinski definition) is 3. The molecule has 36 heavy (non-hydrogen) atoms. The number of amides is 2. The third-order valence-corrected chi connectivity index (χ3v) is 5.20. The Morgan fingerprint density at radius 1 is 0.861 bits per heavy atom. The number of aromatic hydroxyl groups is 1. The van der Waals surface area contributed by atoms with Crippen molar-refractivity contribution in [3.05, 3.63) is 94.0 Å². The van der Waals surface area contributed by atoms with Gasteiger partial charge in [0.05, 0.1) is 16.7 Å². The van der Waals surface area contributed by atoms with Crippen molar-refractivity contribution in [2.45, 2.75) is 24.8 Å². The second-order valence-electron chi connectivity index (χ2n) is 7.66. The molecule has 0 saturated heterocycles. The van der Waals surface area contributed by atoms with Crippen molar-refractivity contribution in [2.75, 3.05) is 5.32 Å². The molecule has 0 heterocycles. The Morgan fingerprint density at radius 2 is 1.44 bits per heavy atom. The maximum atomic E-state index is 13.2. The van der Waals surface area contributed by atoms with Crippen molar-refractivity contribution in [2.24, 2.45) is 0 Å². The normalized spacial score (nSPS) is 12.6. The van der Waals surface area contributed by atoms with Gasteiger partial charge < -0.3 is 15.7 Å². The predicted octanol–water partition coefficient (Wildman–Crippen LogP) is 6.06. The topological polar surface area (TPSA) is 78.4 Å². The molecule has 0 aromatic heterocycles. The Bertz CT molecular complexity index is 1230. The van der Waals surface area contributed by atoms with E-state index in [2.05, 4.69) is 5.32 Å². The number of phenolic OH excluding ortho intramolecular Hbond substituents is 1. The van der Waals surface area contributed by atoms with Gasteiger partial charge in [-0.2, -0.15) is 26.3 Å². The molecule has 0 aliphatic heterocycles. The third kappa shape index (κ3) is 6.91. The Balaban J connectivity index is 1.94. The van der Waals surface area contributed by atoms with Crippen molar-refractivity contribution >= 4 is 29.1 Å². The number of alkyl halides is 6. The van der Waals surface area contributed by atoms with E-state index in [1.54, 1.807) is 30.3 Å². The lowest BCUT2D eigenvalue weighted by Crippen LogP contribution is -2.45. The van der Waals surface area contributed by atoms with Gasteiger partial charge in [0.15, 0.2) is 0 Å². The molecule has 0 spiro atoms. The summed E-state index contributed by atoms with van der Waals surface area (Å²) >= 11 is 5.85. The first-order valence-electron chi connectivity index (χ1n) is 10.2. The second kappa shape index (κ2) is 10.5. The molecule has 0 fully saturated rings. The van der Waals surface area contributed by atoms with Crippen LogP contribution in [0.4, 0.5) is 32.0 Å². The minimum Gasteiger partial charge on any atom is -0.507 e. The average Bonchev–Trinajstić information content (AvgIpc) is 2.79. The van der Waals surface area contributed by atoms with Crippen molar-refractivity contribution < 1.29 is 41.0 Å². The number of anilines is 1. The number of halogens is 7. The molecule has 0 radical (unpaired) electrons. The maximum absolute atomic E-state index is 13.2. The average molecular weight is 531 g/mol. The fraction of sp³-hybridized carbons (Fsp3) is 0.167. The Morgan fingerprint density at radius 3 is 2.00 bits per heavy atom. The molecule has 5 nitrogen and oxygen atoms in total.